The van der Waals surface area contributed by atoms with E-state index >= 15 is 0 Å². The Morgan fingerprint density at radius 3 is 2.69 bits per heavy atom. The predicted molar refractivity (Wildman–Crippen MR) is 72.5 cm³/mol. The van der Waals surface area contributed by atoms with Gasteiger partial charge in [0.05, 0.1) is 6.54 Å². The van der Waals surface area contributed by atoms with Gasteiger partial charge in [-0.2, -0.15) is 0 Å². The van der Waals surface area contributed by atoms with Crippen molar-refractivity contribution in [2.45, 2.75) is 32.7 Å². The molecular weight excluding hydrogens is 236 g/mol. The highest BCUT2D eigenvalue weighted by atomic mass is 32.1. The normalized spacial score (nSPS) is 11.7. The molecule has 0 aromatic carbocycles. The van der Waals surface area contributed by atoms with E-state index in [2.05, 4.69) is 43.2 Å². The summed E-state index contributed by atoms with van der Waals surface area (Å²) in [5, 5.41) is 6.30. The number of rotatable bonds is 3. The van der Waals surface area contributed by atoms with Crippen LogP contribution in [0.4, 0.5) is 5.13 Å². The van der Waals surface area contributed by atoms with E-state index < -0.39 is 0 Å². The number of thiazole rings is 1. The standard InChI is InChI=1S/C12H16N2S2/c1-12(2,3)10-5-4-9(16-10)8-14-11-13-6-7-15-11/h4-7H,8H2,1-3H3,(H,13,14). The average molecular weight is 252 g/mol. The van der Waals surface area contributed by atoms with Crippen molar-refractivity contribution in [2.24, 2.45) is 0 Å². The summed E-state index contributed by atoms with van der Waals surface area (Å²) in [6.45, 7) is 7.61. The maximum absolute atomic E-state index is 4.20. The minimum Gasteiger partial charge on any atom is -0.357 e. The van der Waals surface area contributed by atoms with Gasteiger partial charge in [-0.3, -0.25) is 0 Å². The molecule has 1 N–H and O–H groups in total. The highest BCUT2D eigenvalue weighted by Gasteiger charge is 2.15. The fourth-order valence-electron chi connectivity index (χ4n) is 1.35. The fourth-order valence-corrected chi connectivity index (χ4v) is 2.88. The van der Waals surface area contributed by atoms with Crippen LogP contribution in [-0.2, 0) is 12.0 Å². The predicted octanol–water partition coefficient (Wildman–Crippen LogP) is 4.11. The average Bonchev–Trinajstić information content (AvgIpc) is 2.85. The molecule has 0 saturated carbocycles. The van der Waals surface area contributed by atoms with Gasteiger partial charge in [-0.15, -0.1) is 22.7 Å². The summed E-state index contributed by atoms with van der Waals surface area (Å²) >= 11 is 3.51. The SMILES string of the molecule is CC(C)(C)c1ccc(CNc2nccs2)s1. The molecule has 0 aliphatic carbocycles. The lowest BCUT2D eigenvalue weighted by Crippen LogP contribution is -2.07. The van der Waals surface area contributed by atoms with E-state index in [9.17, 15) is 0 Å². The summed E-state index contributed by atoms with van der Waals surface area (Å²) < 4.78 is 0. The summed E-state index contributed by atoms with van der Waals surface area (Å²) in [6.07, 6.45) is 1.82. The molecule has 86 valence electrons. The van der Waals surface area contributed by atoms with E-state index in [1.165, 1.54) is 9.75 Å². The van der Waals surface area contributed by atoms with Crippen LogP contribution in [-0.4, -0.2) is 4.98 Å². The van der Waals surface area contributed by atoms with Gasteiger partial charge in [-0.1, -0.05) is 20.8 Å². The molecule has 0 aliphatic rings. The Balaban J connectivity index is 1.98. The highest BCUT2D eigenvalue weighted by molar-refractivity contribution is 7.13. The molecule has 0 saturated heterocycles. The molecule has 2 aromatic heterocycles. The van der Waals surface area contributed by atoms with Crippen LogP contribution in [0.25, 0.3) is 0 Å². The zero-order chi connectivity index (χ0) is 11.6. The van der Waals surface area contributed by atoms with Crippen molar-refractivity contribution in [1.82, 2.24) is 4.98 Å². The summed E-state index contributed by atoms with van der Waals surface area (Å²) in [5.41, 5.74) is 0.254. The zero-order valence-electron chi connectivity index (χ0n) is 9.78. The number of aromatic nitrogens is 1. The lowest BCUT2D eigenvalue weighted by molar-refractivity contribution is 0.604. The van der Waals surface area contributed by atoms with Gasteiger partial charge in [-0.25, -0.2) is 4.98 Å². The first-order chi connectivity index (χ1) is 7.55. The van der Waals surface area contributed by atoms with E-state index in [0.717, 1.165) is 11.7 Å². The molecule has 0 spiro atoms. The van der Waals surface area contributed by atoms with Crippen molar-refractivity contribution in [2.75, 3.05) is 5.32 Å². The Bertz CT molecular complexity index is 438. The third-order valence-corrected chi connectivity index (χ3v) is 4.49. The van der Waals surface area contributed by atoms with Crippen molar-refractivity contribution < 1.29 is 0 Å². The van der Waals surface area contributed by atoms with Gasteiger partial charge in [0, 0.05) is 21.3 Å². The Kier molecular flexibility index (Phi) is 3.30. The second-order valence-electron chi connectivity index (χ2n) is 4.71. The van der Waals surface area contributed by atoms with Crippen LogP contribution in [0.3, 0.4) is 0 Å². The monoisotopic (exact) mass is 252 g/mol. The largest absolute Gasteiger partial charge is 0.357 e. The fraction of sp³-hybridized carbons (Fsp3) is 0.417. The van der Waals surface area contributed by atoms with Gasteiger partial charge in [-0.05, 0) is 17.5 Å². The molecule has 0 amide bonds. The number of hydrogen-bond acceptors (Lipinski definition) is 4. The topological polar surface area (TPSA) is 24.9 Å². The van der Waals surface area contributed by atoms with Gasteiger partial charge < -0.3 is 5.32 Å². The molecule has 0 radical (unpaired) electrons. The molecule has 2 rings (SSSR count). The van der Waals surface area contributed by atoms with E-state index in [0.29, 0.717) is 0 Å². The number of anilines is 1. The Morgan fingerprint density at radius 2 is 2.12 bits per heavy atom. The van der Waals surface area contributed by atoms with Crippen LogP contribution in [0.15, 0.2) is 23.7 Å². The Labute approximate surface area is 104 Å². The first kappa shape index (κ1) is 11.6. The van der Waals surface area contributed by atoms with E-state index in [4.69, 9.17) is 0 Å². The smallest absolute Gasteiger partial charge is 0.182 e. The lowest BCUT2D eigenvalue weighted by Gasteiger charge is -2.15. The third-order valence-electron chi connectivity index (χ3n) is 2.25. The summed E-state index contributed by atoms with van der Waals surface area (Å²) in [6, 6.07) is 4.43. The molecule has 16 heavy (non-hydrogen) atoms. The van der Waals surface area contributed by atoms with Crippen molar-refractivity contribution in [3.63, 3.8) is 0 Å². The van der Waals surface area contributed by atoms with Gasteiger partial charge >= 0.3 is 0 Å². The lowest BCUT2D eigenvalue weighted by atomic mass is 9.95. The van der Waals surface area contributed by atoms with Gasteiger partial charge in [0.15, 0.2) is 5.13 Å². The molecule has 2 heterocycles. The maximum atomic E-state index is 4.20. The highest BCUT2D eigenvalue weighted by Crippen LogP contribution is 2.29. The summed E-state index contributed by atoms with van der Waals surface area (Å²) in [5.74, 6) is 0. The van der Waals surface area contributed by atoms with Crippen LogP contribution in [0.5, 0.6) is 0 Å². The van der Waals surface area contributed by atoms with Crippen LogP contribution >= 0.6 is 22.7 Å². The van der Waals surface area contributed by atoms with Crippen LogP contribution in [0.2, 0.25) is 0 Å². The molecular formula is C12H16N2S2. The molecule has 0 fully saturated rings. The molecule has 0 aliphatic heterocycles. The first-order valence-electron chi connectivity index (χ1n) is 5.28. The maximum Gasteiger partial charge on any atom is 0.182 e. The first-order valence-corrected chi connectivity index (χ1v) is 6.98. The number of nitrogens with one attached hydrogen (secondary N) is 1. The van der Waals surface area contributed by atoms with Gasteiger partial charge in [0.1, 0.15) is 0 Å². The molecule has 2 nitrogen and oxygen atoms in total. The second kappa shape index (κ2) is 4.55. The van der Waals surface area contributed by atoms with Crippen LogP contribution in [0.1, 0.15) is 30.5 Å². The van der Waals surface area contributed by atoms with Crippen molar-refractivity contribution in [3.05, 3.63) is 33.5 Å². The van der Waals surface area contributed by atoms with Crippen LogP contribution in [0, 0.1) is 0 Å². The minimum atomic E-state index is 0.254. The molecule has 0 bridgehead atoms. The zero-order valence-corrected chi connectivity index (χ0v) is 11.4. The van der Waals surface area contributed by atoms with Gasteiger partial charge in [0.2, 0.25) is 0 Å². The van der Waals surface area contributed by atoms with Crippen molar-refractivity contribution in [3.8, 4) is 0 Å². The Hall–Kier alpha value is -0.870. The molecule has 0 atom stereocenters. The van der Waals surface area contributed by atoms with Gasteiger partial charge in [0.25, 0.3) is 0 Å². The number of hydrogen-bond donors (Lipinski definition) is 1. The third kappa shape index (κ3) is 2.83. The van der Waals surface area contributed by atoms with Crippen molar-refractivity contribution in [1.29, 1.82) is 0 Å². The van der Waals surface area contributed by atoms with E-state index in [1.54, 1.807) is 11.3 Å². The summed E-state index contributed by atoms with van der Waals surface area (Å²) in [4.78, 5) is 6.99. The quantitative estimate of drug-likeness (QED) is 0.889. The number of thiophene rings is 1. The van der Waals surface area contributed by atoms with Crippen molar-refractivity contribution >= 4 is 27.8 Å². The van der Waals surface area contributed by atoms with E-state index in [1.807, 2.05) is 22.9 Å². The molecule has 0 unspecified atom stereocenters. The minimum absolute atomic E-state index is 0.254. The molecule has 4 heteroatoms. The van der Waals surface area contributed by atoms with Crippen LogP contribution < -0.4 is 5.32 Å². The molecule has 2 aromatic rings. The summed E-state index contributed by atoms with van der Waals surface area (Å²) in [7, 11) is 0. The number of nitrogens with zero attached hydrogens (tertiary/aromatic N) is 1. The Morgan fingerprint density at radius 1 is 1.31 bits per heavy atom. The van der Waals surface area contributed by atoms with E-state index in [-0.39, 0.29) is 5.41 Å². The second-order valence-corrected chi connectivity index (χ2v) is 6.77.